The monoisotopic (exact) mass is 297 g/mol. The van der Waals surface area contributed by atoms with E-state index in [4.69, 9.17) is 5.11 Å². The van der Waals surface area contributed by atoms with Crippen LogP contribution in [0, 0.1) is 11.8 Å². The maximum atomic E-state index is 10.8. The van der Waals surface area contributed by atoms with Gasteiger partial charge < -0.3 is 5.11 Å². The lowest BCUT2D eigenvalue weighted by Crippen LogP contribution is -2.50. The van der Waals surface area contributed by atoms with E-state index in [1.54, 1.807) is 6.92 Å². The number of likely N-dealkylation sites (tertiary alicyclic amines) is 1. The summed E-state index contributed by atoms with van der Waals surface area (Å²) in [6.45, 7) is 4.49. The molecule has 0 saturated carbocycles. The predicted octanol–water partition coefficient (Wildman–Crippen LogP) is 2.60. The van der Waals surface area contributed by atoms with Crippen molar-refractivity contribution in [1.82, 2.24) is 4.90 Å². The van der Waals surface area contributed by atoms with Crippen molar-refractivity contribution in [3.63, 3.8) is 0 Å². The van der Waals surface area contributed by atoms with E-state index in [0.717, 1.165) is 24.1 Å². The molecule has 2 rings (SSSR count). The largest absolute Gasteiger partial charge is 0.481 e. The molecule has 0 aliphatic carbocycles. The van der Waals surface area contributed by atoms with Crippen LogP contribution < -0.4 is 0 Å². The summed E-state index contributed by atoms with van der Waals surface area (Å²) in [6.07, 6.45) is 0. The molecule has 1 atom stereocenters. The van der Waals surface area contributed by atoms with Gasteiger partial charge in [-0.1, -0.05) is 35.0 Å². The number of aliphatic carboxylic acids is 1. The Morgan fingerprint density at radius 1 is 1.47 bits per heavy atom. The van der Waals surface area contributed by atoms with Crippen LogP contribution >= 0.6 is 15.9 Å². The quantitative estimate of drug-likeness (QED) is 0.929. The summed E-state index contributed by atoms with van der Waals surface area (Å²) in [5, 5.41) is 8.90. The first-order chi connectivity index (χ1) is 8.06. The van der Waals surface area contributed by atoms with Gasteiger partial charge in [0.25, 0.3) is 0 Å². The average molecular weight is 298 g/mol. The summed E-state index contributed by atoms with van der Waals surface area (Å²) < 4.78 is 1.09. The Labute approximate surface area is 110 Å². The molecule has 1 fully saturated rings. The smallest absolute Gasteiger partial charge is 0.306 e. The normalized spacial score (nSPS) is 18.7. The fraction of sp³-hybridized carbons (Fsp3) is 0.462. The highest BCUT2D eigenvalue weighted by molar-refractivity contribution is 9.10. The minimum atomic E-state index is -0.682. The summed E-state index contributed by atoms with van der Waals surface area (Å²) in [7, 11) is 0. The van der Waals surface area contributed by atoms with Gasteiger partial charge in [-0.2, -0.15) is 0 Å². The van der Waals surface area contributed by atoms with Crippen LogP contribution in [0.15, 0.2) is 28.7 Å². The number of hydrogen-bond acceptors (Lipinski definition) is 2. The van der Waals surface area contributed by atoms with Gasteiger partial charge in [0.1, 0.15) is 0 Å². The van der Waals surface area contributed by atoms with Crippen LogP contribution in [0.1, 0.15) is 12.5 Å². The summed E-state index contributed by atoms with van der Waals surface area (Å²) in [5.41, 5.74) is 1.27. The van der Waals surface area contributed by atoms with Crippen LogP contribution in [0.25, 0.3) is 0 Å². The van der Waals surface area contributed by atoms with Gasteiger partial charge in [-0.3, -0.25) is 9.69 Å². The fourth-order valence-corrected chi connectivity index (χ4v) is 2.37. The first-order valence-corrected chi connectivity index (χ1v) is 6.55. The lowest BCUT2D eigenvalue weighted by atomic mass is 9.87. The summed E-state index contributed by atoms with van der Waals surface area (Å²) >= 11 is 3.41. The van der Waals surface area contributed by atoms with E-state index in [1.807, 2.05) is 12.1 Å². The number of benzene rings is 1. The summed E-state index contributed by atoms with van der Waals surface area (Å²) in [6, 6.07) is 8.26. The van der Waals surface area contributed by atoms with Gasteiger partial charge in [0, 0.05) is 24.1 Å². The minimum Gasteiger partial charge on any atom is -0.481 e. The molecular formula is C13H16BrNO2. The predicted molar refractivity (Wildman–Crippen MR) is 69.7 cm³/mol. The van der Waals surface area contributed by atoms with Crippen molar-refractivity contribution >= 4 is 21.9 Å². The number of halogens is 1. The number of carbonyl (C=O) groups is 1. The highest BCUT2D eigenvalue weighted by Crippen LogP contribution is 2.25. The number of nitrogens with zero attached hydrogens (tertiary/aromatic N) is 1. The van der Waals surface area contributed by atoms with Crippen LogP contribution in [0.2, 0.25) is 0 Å². The van der Waals surface area contributed by atoms with Crippen molar-refractivity contribution in [3.8, 4) is 0 Å². The molecule has 4 heteroatoms. The van der Waals surface area contributed by atoms with Crippen LogP contribution in [0.3, 0.4) is 0 Å². The second kappa shape index (κ2) is 5.19. The Balaban J connectivity index is 1.81. The van der Waals surface area contributed by atoms with E-state index in [-0.39, 0.29) is 5.92 Å². The molecule has 1 aliphatic rings. The zero-order valence-electron chi connectivity index (χ0n) is 9.77. The molecule has 1 aromatic rings. The second-order valence-corrected chi connectivity index (χ2v) is 5.62. The molecular weight excluding hydrogens is 282 g/mol. The van der Waals surface area contributed by atoms with Gasteiger partial charge in [-0.25, -0.2) is 0 Å². The van der Waals surface area contributed by atoms with Gasteiger partial charge in [0.15, 0.2) is 0 Å². The molecule has 92 valence electrons. The SMILES string of the molecule is CC(C(=O)O)C1CN(Cc2ccc(Br)cc2)C1. The minimum absolute atomic E-state index is 0.226. The molecule has 0 aromatic heterocycles. The standard InChI is InChI=1S/C13H16BrNO2/c1-9(13(16)17)11-7-15(8-11)6-10-2-4-12(14)5-3-10/h2-5,9,11H,6-8H2,1H3,(H,16,17). The lowest BCUT2D eigenvalue weighted by Gasteiger charge is -2.41. The Bertz CT molecular complexity index is 398. The topological polar surface area (TPSA) is 40.5 Å². The van der Waals surface area contributed by atoms with Gasteiger partial charge >= 0.3 is 5.97 Å². The molecule has 0 spiro atoms. The van der Waals surface area contributed by atoms with Crippen molar-refractivity contribution in [2.45, 2.75) is 13.5 Å². The zero-order chi connectivity index (χ0) is 12.4. The van der Waals surface area contributed by atoms with Crippen molar-refractivity contribution in [1.29, 1.82) is 0 Å². The Morgan fingerprint density at radius 3 is 2.59 bits per heavy atom. The fourth-order valence-electron chi connectivity index (χ4n) is 2.10. The molecule has 1 unspecified atom stereocenters. The number of hydrogen-bond donors (Lipinski definition) is 1. The molecule has 0 radical (unpaired) electrons. The summed E-state index contributed by atoms with van der Waals surface area (Å²) in [5.74, 6) is -0.600. The van der Waals surface area contributed by atoms with Gasteiger partial charge in [-0.15, -0.1) is 0 Å². The molecule has 1 heterocycles. The average Bonchev–Trinajstić information content (AvgIpc) is 2.24. The molecule has 0 bridgehead atoms. The van der Waals surface area contributed by atoms with Crippen molar-refractivity contribution in [2.24, 2.45) is 11.8 Å². The third kappa shape index (κ3) is 3.07. The van der Waals surface area contributed by atoms with E-state index in [2.05, 4.69) is 33.0 Å². The molecule has 3 nitrogen and oxygen atoms in total. The second-order valence-electron chi connectivity index (χ2n) is 4.71. The van der Waals surface area contributed by atoms with Crippen LogP contribution in [-0.4, -0.2) is 29.1 Å². The lowest BCUT2D eigenvalue weighted by molar-refractivity contribution is -0.145. The summed E-state index contributed by atoms with van der Waals surface area (Å²) in [4.78, 5) is 13.1. The molecule has 0 amide bonds. The maximum Gasteiger partial charge on any atom is 0.306 e. The van der Waals surface area contributed by atoms with Gasteiger partial charge in [0.05, 0.1) is 5.92 Å². The number of carboxylic acid groups (broad SMARTS) is 1. The first-order valence-electron chi connectivity index (χ1n) is 5.76. The third-order valence-corrected chi connectivity index (χ3v) is 3.93. The van der Waals surface area contributed by atoms with Crippen molar-refractivity contribution in [2.75, 3.05) is 13.1 Å². The van der Waals surface area contributed by atoms with E-state index in [1.165, 1.54) is 5.56 Å². The van der Waals surface area contributed by atoms with E-state index >= 15 is 0 Å². The highest BCUT2D eigenvalue weighted by Gasteiger charge is 2.34. The van der Waals surface area contributed by atoms with Crippen LogP contribution in [-0.2, 0) is 11.3 Å². The number of rotatable bonds is 4. The molecule has 1 aromatic carbocycles. The Kier molecular flexibility index (Phi) is 3.84. The van der Waals surface area contributed by atoms with E-state index in [0.29, 0.717) is 5.92 Å². The van der Waals surface area contributed by atoms with Crippen LogP contribution in [0.4, 0.5) is 0 Å². The first kappa shape index (κ1) is 12.6. The zero-order valence-corrected chi connectivity index (χ0v) is 11.4. The Morgan fingerprint density at radius 2 is 2.06 bits per heavy atom. The van der Waals surface area contributed by atoms with Crippen LogP contribution in [0.5, 0.6) is 0 Å². The molecule has 1 aliphatic heterocycles. The van der Waals surface area contributed by atoms with Gasteiger partial charge in [0.2, 0.25) is 0 Å². The molecule has 17 heavy (non-hydrogen) atoms. The van der Waals surface area contributed by atoms with E-state index < -0.39 is 5.97 Å². The van der Waals surface area contributed by atoms with Crippen molar-refractivity contribution in [3.05, 3.63) is 34.3 Å². The highest BCUT2D eigenvalue weighted by atomic mass is 79.9. The van der Waals surface area contributed by atoms with Gasteiger partial charge in [-0.05, 0) is 23.6 Å². The third-order valence-electron chi connectivity index (χ3n) is 3.40. The number of carboxylic acids is 1. The maximum absolute atomic E-state index is 10.8. The molecule has 1 N–H and O–H groups in total. The van der Waals surface area contributed by atoms with Crippen molar-refractivity contribution < 1.29 is 9.90 Å². The molecule has 1 saturated heterocycles. The Hall–Kier alpha value is -0.870. The van der Waals surface area contributed by atoms with E-state index in [9.17, 15) is 4.79 Å².